The molecule has 0 atom stereocenters. The summed E-state index contributed by atoms with van der Waals surface area (Å²) in [6, 6.07) is 5.80. The quantitative estimate of drug-likeness (QED) is 0.892. The molecule has 0 fully saturated rings. The molecule has 18 heavy (non-hydrogen) atoms. The van der Waals surface area contributed by atoms with Crippen LogP contribution in [0.5, 0.6) is 5.88 Å². The van der Waals surface area contributed by atoms with Crippen LogP contribution >= 0.6 is 0 Å². The molecular weight excluding hydrogens is 228 g/mol. The first kappa shape index (κ1) is 12.3. The van der Waals surface area contributed by atoms with Crippen LogP contribution in [0.2, 0.25) is 0 Å². The van der Waals surface area contributed by atoms with E-state index in [9.17, 15) is 0 Å². The van der Waals surface area contributed by atoms with Gasteiger partial charge in [-0.15, -0.1) is 0 Å². The molecule has 0 aliphatic rings. The smallest absolute Gasteiger partial charge is 0.218 e. The van der Waals surface area contributed by atoms with Crippen LogP contribution in [0.15, 0.2) is 24.4 Å². The Bertz CT molecular complexity index is 525. The summed E-state index contributed by atoms with van der Waals surface area (Å²) in [5, 5.41) is 3.22. The first-order valence-corrected chi connectivity index (χ1v) is 5.72. The molecule has 0 radical (unpaired) electrons. The maximum Gasteiger partial charge on any atom is 0.218 e. The van der Waals surface area contributed by atoms with Gasteiger partial charge in [-0.3, -0.25) is 4.98 Å². The van der Waals surface area contributed by atoms with Crippen molar-refractivity contribution in [3.8, 4) is 5.88 Å². The second-order valence-corrected chi connectivity index (χ2v) is 4.00. The van der Waals surface area contributed by atoms with Crippen LogP contribution in [0, 0.1) is 13.8 Å². The van der Waals surface area contributed by atoms with Gasteiger partial charge < -0.3 is 10.1 Å². The zero-order chi connectivity index (χ0) is 13.0. The van der Waals surface area contributed by atoms with Crippen molar-refractivity contribution in [2.24, 2.45) is 0 Å². The lowest BCUT2D eigenvalue weighted by Gasteiger charge is -2.08. The highest BCUT2D eigenvalue weighted by Gasteiger charge is 2.01. The second kappa shape index (κ2) is 5.44. The highest BCUT2D eigenvalue weighted by atomic mass is 16.5. The van der Waals surface area contributed by atoms with Crippen molar-refractivity contribution >= 4 is 5.82 Å². The van der Waals surface area contributed by atoms with Crippen molar-refractivity contribution in [3.05, 3.63) is 41.5 Å². The van der Waals surface area contributed by atoms with Crippen LogP contribution in [0.4, 0.5) is 5.82 Å². The Labute approximate surface area is 106 Å². The third-order valence-corrected chi connectivity index (χ3v) is 2.47. The first-order valence-electron chi connectivity index (χ1n) is 5.72. The number of ether oxygens (including phenoxy) is 1. The molecule has 0 amide bonds. The Kier molecular flexibility index (Phi) is 3.72. The zero-order valence-electron chi connectivity index (χ0n) is 10.8. The normalized spacial score (nSPS) is 10.2. The molecule has 5 heteroatoms. The molecule has 5 nitrogen and oxygen atoms in total. The van der Waals surface area contributed by atoms with Crippen molar-refractivity contribution < 1.29 is 4.74 Å². The summed E-state index contributed by atoms with van der Waals surface area (Å²) < 4.78 is 5.10. The third kappa shape index (κ3) is 3.16. The number of pyridine rings is 1. The molecule has 0 saturated carbocycles. The van der Waals surface area contributed by atoms with Crippen LogP contribution in [-0.2, 0) is 6.54 Å². The summed E-state index contributed by atoms with van der Waals surface area (Å²) in [4.78, 5) is 12.7. The van der Waals surface area contributed by atoms with E-state index in [0.29, 0.717) is 18.2 Å². The monoisotopic (exact) mass is 244 g/mol. The lowest BCUT2D eigenvalue weighted by molar-refractivity contribution is 0.396. The van der Waals surface area contributed by atoms with E-state index in [4.69, 9.17) is 4.74 Å². The average molecular weight is 244 g/mol. The maximum atomic E-state index is 5.10. The summed E-state index contributed by atoms with van der Waals surface area (Å²) in [7, 11) is 1.59. The first-order chi connectivity index (χ1) is 8.67. The lowest BCUT2D eigenvalue weighted by atomic mass is 10.2. The van der Waals surface area contributed by atoms with E-state index in [1.54, 1.807) is 13.2 Å². The van der Waals surface area contributed by atoms with Gasteiger partial charge in [-0.2, -0.15) is 4.98 Å². The molecule has 0 aromatic carbocycles. The number of rotatable bonds is 4. The van der Waals surface area contributed by atoms with E-state index in [2.05, 4.69) is 20.3 Å². The average Bonchev–Trinajstić information content (AvgIpc) is 2.37. The maximum absolute atomic E-state index is 5.10. The molecule has 0 unspecified atom stereocenters. The topological polar surface area (TPSA) is 59.9 Å². The fourth-order valence-electron chi connectivity index (χ4n) is 1.53. The lowest BCUT2D eigenvalue weighted by Crippen LogP contribution is -2.04. The number of anilines is 1. The number of hydrogen-bond donors (Lipinski definition) is 1. The van der Waals surface area contributed by atoms with Crippen molar-refractivity contribution in [1.82, 2.24) is 15.0 Å². The van der Waals surface area contributed by atoms with Gasteiger partial charge in [0.2, 0.25) is 5.88 Å². The fraction of sp³-hybridized carbons (Fsp3) is 0.308. The summed E-state index contributed by atoms with van der Waals surface area (Å²) in [6.45, 7) is 4.48. The highest BCUT2D eigenvalue weighted by molar-refractivity contribution is 5.39. The summed E-state index contributed by atoms with van der Waals surface area (Å²) >= 11 is 0. The Morgan fingerprint density at radius 2 is 2.06 bits per heavy atom. The minimum Gasteiger partial charge on any atom is -0.481 e. The van der Waals surface area contributed by atoms with Gasteiger partial charge >= 0.3 is 0 Å². The van der Waals surface area contributed by atoms with Gasteiger partial charge in [0.1, 0.15) is 11.6 Å². The molecule has 2 rings (SSSR count). The van der Waals surface area contributed by atoms with Gasteiger partial charge in [-0.25, -0.2) is 4.98 Å². The van der Waals surface area contributed by atoms with E-state index in [-0.39, 0.29) is 0 Å². The van der Waals surface area contributed by atoms with Gasteiger partial charge in [0.05, 0.1) is 7.11 Å². The highest BCUT2D eigenvalue weighted by Crippen LogP contribution is 2.13. The van der Waals surface area contributed by atoms with E-state index >= 15 is 0 Å². The van der Waals surface area contributed by atoms with E-state index in [1.807, 2.05) is 32.2 Å². The summed E-state index contributed by atoms with van der Waals surface area (Å²) in [5.74, 6) is 1.99. The van der Waals surface area contributed by atoms with Crippen molar-refractivity contribution in [1.29, 1.82) is 0 Å². The number of methoxy groups -OCH3 is 1. The molecule has 94 valence electrons. The van der Waals surface area contributed by atoms with Crippen LogP contribution in [0.25, 0.3) is 0 Å². The predicted molar refractivity (Wildman–Crippen MR) is 69.6 cm³/mol. The Hall–Kier alpha value is -2.17. The van der Waals surface area contributed by atoms with E-state index in [1.165, 1.54) is 0 Å². The van der Waals surface area contributed by atoms with Crippen molar-refractivity contribution in [2.45, 2.75) is 20.4 Å². The minimum atomic E-state index is 0.562. The molecule has 2 heterocycles. The SMILES string of the molecule is COc1cc(NCc2ccc(C)nc2)nc(C)n1. The van der Waals surface area contributed by atoms with E-state index < -0.39 is 0 Å². The Morgan fingerprint density at radius 1 is 1.22 bits per heavy atom. The molecule has 1 N–H and O–H groups in total. The summed E-state index contributed by atoms with van der Waals surface area (Å²) in [5.41, 5.74) is 2.12. The Morgan fingerprint density at radius 3 is 2.72 bits per heavy atom. The third-order valence-electron chi connectivity index (χ3n) is 2.47. The number of hydrogen-bond acceptors (Lipinski definition) is 5. The van der Waals surface area contributed by atoms with Gasteiger partial charge in [0.25, 0.3) is 0 Å². The minimum absolute atomic E-state index is 0.562. The second-order valence-electron chi connectivity index (χ2n) is 4.00. The van der Waals surface area contributed by atoms with Crippen LogP contribution in [-0.4, -0.2) is 22.1 Å². The number of nitrogens with one attached hydrogen (secondary N) is 1. The fourth-order valence-corrected chi connectivity index (χ4v) is 1.53. The molecule has 0 spiro atoms. The molecule has 0 saturated heterocycles. The van der Waals surface area contributed by atoms with Crippen LogP contribution in [0.3, 0.4) is 0 Å². The number of aryl methyl sites for hydroxylation is 2. The van der Waals surface area contributed by atoms with Gasteiger partial charge in [0.15, 0.2) is 0 Å². The molecule has 0 aliphatic carbocycles. The number of aromatic nitrogens is 3. The Balaban J connectivity index is 2.05. The zero-order valence-corrected chi connectivity index (χ0v) is 10.8. The van der Waals surface area contributed by atoms with Gasteiger partial charge in [-0.05, 0) is 25.5 Å². The van der Waals surface area contributed by atoms with Crippen molar-refractivity contribution in [3.63, 3.8) is 0 Å². The van der Waals surface area contributed by atoms with Crippen LogP contribution in [0.1, 0.15) is 17.1 Å². The standard InChI is InChI=1S/C13H16N4O/c1-9-4-5-11(7-14-9)8-15-12-6-13(18-3)17-10(2)16-12/h4-7H,8H2,1-3H3,(H,15,16,17). The van der Waals surface area contributed by atoms with Crippen LogP contribution < -0.4 is 10.1 Å². The molecule has 0 aliphatic heterocycles. The predicted octanol–water partition coefficient (Wildman–Crippen LogP) is 2.11. The van der Waals surface area contributed by atoms with Gasteiger partial charge in [-0.1, -0.05) is 6.07 Å². The van der Waals surface area contributed by atoms with Crippen molar-refractivity contribution in [2.75, 3.05) is 12.4 Å². The molecule has 2 aromatic rings. The van der Waals surface area contributed by atoms with E-state index in [0.717, 1.165) is 17.1 Å². The number of nitrogens with zero attached hydrogens (tertiary/aromatic N) is 3. The molecular formula is C13H16N4O. The summed E-state index contributed by atoms with van der Waals surface area (Å²) in [6.07, 6.45) is 1.85. The largest absolute Gasteiger partial charge is 0.481 e. The molecule has 2 aromatic heterocycles. The van der Waals surface area contributed by atoms with Gasteiger partial charge in [0, 0.05) is 24.5 Å². The molecule has 0 bridgehead atoms.